The Morgan fingerprint density at radius 2 is 1.70 bits per heavy atom. The molecule has 7 heteroatoms. The predicted molar refractivity (Wildman–Crippen MR) is 173 cm³/mol. The molecule has 6 nitrogen and oxygen atoms in total. The highest BCUT2D eigenvalue weighted by Gasteiger charge is 2.26. The van der Waals surface area contributed by atoms with Crippen molar-refractivity contribution in [1.82, 2.24) is 15.5 Å². The molecule has 2 saturated heterocycles. The van der Waals surface area contributed by atoms with Gasteiger partial charge in [0.15, 0.2) is 0 Å². The Hall–Kier alpha value is -3.61. The third-order valence-electron chi connectivity index (χ3n) is 9.10. The van der Waals surface area contributed by atoms with Gasteiger partial charge in [-0.2, -0.15) is 0 Å². The van der Waals surface area contributed by atoms with E-state index in [1.54, 1.807) is 0 Å². The van der Waals surface area contributed by atoms with Gasteiger partial charge in [0.2, 0.25) is 11.8 Å². The monoisotopic (exact) mass is 596 g/mol. The summed E-state index contributed by atoms with van der Waals surface area (Å²) in [5.74, 6) is 0.331. The Bertz CT molecular complexity index is 1460. The number of likely N-dealkylation sites (tertiary alicyclic amines) is 1. The molecule has 43 heavy (non-hydrogen) atoms. The smallest absolute Gasteiger partial charge is 0.237 e. The van der Waals surface area contributed by atoms with Crippen molar-refractivity contribution in [2.45, 2.75) is 70.1 Å². The molecule has 2 fully saturated rings. The molecule has 2 atom stereocenters. The molecule has 0 aromatic heterocycles. The number of carbonyl (C=O) groups excluding carboxylic acids is 2. The zero-order valence-corrected chi connectivity index (χ0v) is 25.5. The van der Waals surface area contributed by atoms with Gasteiger partial charge in [0.25, 0.3) is 0 Å². The molecule has 3 aliphatic rings. The highest BCUT2D eigenvalue weighted by Crippen LogP contribution is 2.28. The molecular formula is C36H41ClN4O2. The van der Waals surface area contributed by atoms with E-state index in [1.165, 1.54) is 28.0 Å². The van der Waals surface area contributed by atoms with Gasteiger partial charge < -0.3 is 20.4 Å². The van der Waals surface area contributed by atoms with Crippen molar-refractivity contribution < 1.29 is 9.59 Å². The molecule has 0 spiro atoms. The van der Waals surface area contributed by atoms with Crippen molar-refractivity contribution >= 4 is 29.1 Å². The van der Waals surface area contributed by atoms with Crippen LogP contribution in [0.5, 0.6) is 0 Å². The maximum absolute atomic E-state index is 13.4. The number of benzene rings is 3. The molecular weight excluding hydrogens is 556 g/mol. The number of hydrogen-bond acceptors (Lipinski definition) is 4. The van der Waals surface area contributed by atoms with Crippen LogP contribution in [-0.2, 0) is 35.5 Å². The maximum atomic E-state index is 13.4. The normalized spacial score (nSPS) is 19.2. The maximum Gasteiger partial charge on any atom is 0.237 e. The summed E-state index contributed by atoms with van der Waals surface area (Å²) in [5.41, 5.74) is 7.61. The van der Waals surface area contributed by atoms with Gasteiger partial charge in [-0.3, -0.25) is 9.59 Å². The highest BCUT2D eigenvalue weighted by atomic mass is 35.5. The van der Waals surface area contributed by atoms with E-state index >= 15 is 0 Å². The van der Waals surface area contributed by atoms with Gasteiger partial charge in [-0.05, 0) is 79.0 Å². The number of carbonyl (C=O) groups is 2. The highest BCUT2D eigenvalue weighted by molar-refractivity contribution is 6.30. The summed E-state index contributed by atoms with van der Waals surface area (Å²) in [6, 6.07) is 24.6. The van der Waals surface area contributed by atoms with Gasteiger partial charge in [-0.15, -0.1) is 0 Å². The molecule has 3 aromatic carbocycles. The SMILES string of the molecule is O=C(N[C@@H](CC=C1CCN(c2ccccc2CN2CCCC2=O)CC1)Cc1ccc(Cl)cc1)[C@H]1Cc2ccccc2CN1. The fraction of sp³-hybridized carbons (Fsp3) is 0.389. The zero-order valence-electron chi connectivity index (χ0n) is 24.7. The van der Waals surface area contributed by atoms with Crippen molar-refractivity contribution in [2.24, 2.45) is 0 Å². The molecule has 3 aromatic rings. The molecule has 3 heterocycles. The number of hydrogen-bond donors (Lipinski definition) is 2. The number of rotatable bonds is 9. The summed E-state index contributed by atoms with van der Waals surface area (Å²) in [6.07, 6.45) is 8.25. The first-order valence-corrected chi connectivity index (χ1v) is 16.0. The number of anilines is 1. The Kier molecular flexibility index (Phi) is 9.45. The molecule has 0 saturated carbocycles. The lowest BCUT2D eigenvalue weighted by Crippen LogP contribution is -2.50. The first-order valence-electron chi connectivity index (χ1n) is 15.7. The average molecular weight is 597 g/mol. The molecule has 3 aliphatic heterocycles. The van der Waals surface area contributed by atoms with Crippen molar-refractivity contribution in [3.05, 3.63) is 112 Å². The van der Waals surface area contributed by atoms with Gasteiger partial charge in [-0.25, -0.2) is 0 Å². The van der Waals surface area contributed by atoms with E-state index in [9.17, 15) is 9.59 Å². The van der Waals surface area contributed by atoms with Gasteiger partial charge in [-0.1, -0.05) is 77.8 Å². The lowest BCUT2D eigenvalue weighted by atomic mass is 9.94. The fourth-order valence-electron chi connectivity index (χ4n) is 6.62. The molecule has 0 unspecified atom stereocenters. The number of fused-ring (bicyclic) bond motifs is 1. The van der Waals surface area contributed by atoms with Crippen LogP contribution in [-0.4, -0.2) is 48.4 Å². The van der Waals surface area contributed by atoms with Crippen LogP contribution in [0, 0.1) is 0 Å². The van der Waals surface area contributed by atoms with Crippen molar-refractivity contribution in [3.8, 4) is 0 Å². The Morgan fingerprint density at radius 1 is 0.953 bits per heavy atom. The summed E-state index contributed by atoms with van der Waals surface area (Å²) in [5, 5.41) is 7.53. The zero-order chi connectivity index (χ0) is 29.6. The van der Waals surface area contributed by atoms with Crippen LogP contribution < -0.4 is 15.5 Å². The van der Waals surface area contributed by atoms with Gasteiger partial charge in [0.05, 0.1) is 6.04 Å². The molecule has 6 rings (SSSR count). The van der Waals surface area contributed by atoms with Crippen LogP contribution in [0.4, 0.5) is 5.69 Å². The van der Waals surface area contributed by atoms with E-state index in [4.69, 9.17) is 11.6 Å². The van der Waals surface area contributed by atoms with E-state index in [-0.39, 0.29) is 23.9 Å². The van der Waals surface area contributed by atoms with E-state index in [2.05, 4.69) is 76.2 Å². The second-order valence-corrected chi connectivity index (χ2v) is 12.5. The second kappa shape index (κ2) is 13.8. The summed E-state index contributed by atoms with van der Waals surface area (Å²) < 4.78 is 0. The van der Waals surface area contributed by atoms with Crippen LogP contribution in [0.1, 0.15) is 54.4 Å². The first kappa shape index (κ1) is 29.5. The fourth-order valence-corrected chi connectivity index (χ4v) is 6.74. The lowest BCUT2D eigenvalue weighted by Gasteiger charge is -2.33. The van der Waals surface area contributed by atoms with E-state index < -0.39 is 0 Å². The minimum atomic E-state index is -0.227. The van der Waals surface area contributed by atoms with Crippen LogP contribution in [0.15, 0.2) is 84.4 Å². The number of para-hydroxylation sites is 1. The van der Waals surface area contributed by atoms with E-state index in [0.717, 1.165) is 62.3 Å². The van der Waals surface area contributed by atoms with Crippen LogP contribution in [0.25, 0.3) is 0 Å². The third-order valence-corrected chi connectivity index (χ3v) is 9.35. The van der Waals surface area contributed by atoms with E-state index in [1.807, 2.05) is 23.1 Å². The predicted octanol–water partition coefficient (Wildman–Crippen LogP) is 5.82. The lowest BCUT2D eigenvalue weighted by molar-refractivity contribution is -0.128. The molecule has 0 bridgehead atoms. The molecule has 0 aliphatic carbocycles. The summed E-state index contributed by atoms with van der Waals surface area (Å²) in [7, 11) is 0. The summed E-state index contributed by atoms with van der Waals surface area (Å²) >= 11 is 6.14. The Balaban J connectivity index is 1.09. The molecule has 2 amide bonds. The van der Waals surface area contributed by atoms with Gasteiger partial charge in [0.1, 0.15) is 0 Å². The average Bonchev–Trinajstić information content (AvgIpc) is 3.45. The number of halogens is 1. The second-order valence-electron chi connectivity index (χ2n) is 12.1. The van der Waals surface area contributed by atoms with Crippen molar-refractivity contribution in [2.75, 3.05) is 24.5 Å². The summed E-state index contributed by atoms with van der Waals surface area (Å²) in [4.78, 5) is 30.1. The van der Waals surface area contributed by atoms with Gasteiger partial charge in [0, 0.05) is 55.9 Å². The van der Waals surface area contributed by atoms with Gasteiger partial charge >= 0.3 is 0 Å². The molecule has 0 radical (unpaired) electrons. The number of amides is 2. The third kappa shape index (κ3) is 7.49. The standard InChI is InChI=1S/C36H41ClN4O2/c37-31-14-11-27(12-15-31)22-32(39-36(43)33-23-28-6-1-2-7-29(28)24-38-33)16-13-26-17-20-40(21-18-26)34-9-4-3-8-30(34)25-41-19-5-10-35(41)42/h1-4,6-9,11-15,32-33,38H,5,10,16-25H2,(H,39,43)/t32-,33+/m0/s1. The first-order chi connectivity index (χ1) is 21.0. The molecule has 224 valence electrons. The number of piperidine rings is 1. The topological polar surface area (TPSA) is 64.7 Å². The number of nitrogens with zero attached hydrogens (tertiary/aromatic N) is 2. The number of nitrogens with one attached hydrogen (secondary N) is 2. The largest absolute Gasteiger partial charge is 0.371 e. The molecule has 2 N–H and O–H groups in total. The summed E-state index contributed by atoms with van der Waals surface area (Å²) in [6.45, 7) is 4.18. The van der Waals surface area contributed by atoms with Crippen molar-refractivity contribution in [3.63, 3.8) is 0 Å². The quantitative estimate of drug-likeness (QED) is 0.306. The van der Waals surface area contributed by atoms with Crippen LogP contribution in [0.3, 0.4) is 0 Å². The minimum Gasteiger partial charge on any atom is -0.371 e. The van der Waals surface area contributed by atoms with E-state index in [0.29, 0.717) is 25.9 Å². The van der Waals surface area contributed by atoms with Crippen LogP contribution in [0.2, 0.25) is 5.02 Å². The van der Waals surface area contributed by atoms with Crippen LogP contribution >= 0.6 is 11.6 Å². The van der Waals surface area contributed by atoms with Crippen molar-refractivity contribution in [1.29, 1.82) is 0 Å². The Morgan fingerprint density at radius 3 is 2.47 bits per heavy atom. The Labute approximate surface area is 260 Å². The minimum absolute atomic E-state index is 0.00287.